The van der Waals surface area contributed by atoms with E-state index in [9.17, 15) is 4.39 Å². The van der Waals surface area contributed by atoms with Crippen molar-refractivity contribution in [3.05, 3.63) is 70.0 Å². The van der Waals surface area contributed by atoms with Crippen LogP contribution in [0, 0.1) is 12.7 Å². The van der Waals surface area contributed by atoms with E-state index in [2.05, 4.69) is 0 Å². The lowest BCUT2D eigenvalue weighted by atomic mass is 10.00. The Labute approximate surface area is 116 Å². The molecule has 1 unspecified atom stereocenters. The van der Waals surface area contributed by atoms with Crippen molar-refractivity contribution in [3.63, 3.8) is 0 Å². The molecule has 94 valence electrons. The summed E-state index contributed by atoms with van der Waals surface area (Å²) in [5.41, 5.74) is 3.14. The maximum Gasteiger partial charge on any atom is 0.123 e. The van der Waals surface area contributed by atoms with Gasteiger partial charge >= 0.3 is 0 Å². The Morgan fingerprint density at radius 2 is 1.78 bits per heavy atom. The first-order chi connectivity index (χ1) is 8.56. The van der Waals surface area contributed by atoms with E-state index in [-0.39, 0.29) is 11.2 Å². The predicted octanol–water partition coefficient (Wildman–Crippen LogP) is 5.31. The van der Waals surface area contributed by atoms with Crippen molar-refractivity contribution in [3.8, 4) is 0 Å². The minimum Gasteiger partial charge on any atom is -0.207 e. The Morgan fingerprint density at radius 1 is 1.11 bits per heavy atom. The number of hydrogen-bond acceptors (Lipinski definition) is 0. The zero-order valence-electron chi connectivity index (χ0n) is 9.96. The number of benzene rings is 2. The van der Waals surface area contributed by atoms with Crippen LogP contribution in [0.4, 0.5) is 4.39 Å². The molecule has 0 heterocycles. The Bertz CT molecular complexity index is 535. The molecule has 0 aliphatic carbocycles. The molecular formula is C15H13Cl2F. The number of halogens is 3. The van der Waals surface area contributed by atoms with Crippen LogP contribution < -0.4 is 0 Å². The third-order valence-corrected chi connectivity index (χ3v) is 3.53. The smallest absolute Gasteiger partial charge is 0.123 e. The van der Waals surface area contributed by atoms with Crippen molar-refractivity contribution in [2.45, 2.75) is 18.7 Å². The van der Waals surface area contributed by atoms with Gasteiger partial charge in [0.2, 0.25) is 0 Å². The molecule has 0 aliphatic rings. The third-order valence-electron chi connectivity index (χ3n) is 2.91. The van der Waals surface area contributed by atoms with Crippen molar-refractivity contribution in [2.75, 3.05) is 0 Å². The van der Waals surface area contributed by atoms with Crippen molar-refractivity contribution in [1.29, 1.82) is 0 Å². The van der Waals surface area contributed by atoms with Gasteiger partial charge < -0.3 is 0 Å². The van der Waals surface area contributed by atoms with Crippen LogP contribution in [0.25, 0.3) is 0 Å². The van der Waals surface area contributed by atoms with Gasteiger partial charge in [-0.25, -0.2) is 4.39 Å². The normalized spacial score (nSPS) is 12.4. The summed E-state index contributed by atoms with van der Waals surface area (Å²) in [4.78, 5) is 0. The van der Waals surface area contributed by atoms with Gasteiger partial charge in [0, 0.05) is 5.02 Å². The molecule has 18 heavy (non-hydrogen) atoms. The minimum atomic E-state index is -0.233. The minimum absolute atomic E-state index is 0.158. The van der Waals surface area contributed by atoms with Crippen LogP contribution in [0.1, 0.15) is 22.1 Å². The second kappa shape index (κ2) is 5.73. The SMILES string of the molecule is Cc1ccc(Cl)cc1C(Cl)Cc1ccc(F)cc1. The van der Waals surface area contributed by atoms with E-state index in [1.165, 1.54) is 12.1 Å². The first-order valence-electron chi connectivity index (χ1n) is 5.71. The predicted molar refractivity (Wildman–Crippen MR) is 74.9 cm³/mol. The van der Waals surface area contributed by atoms with E-state index >= 15 is 0 Å². The summed E-state index contributed by atoms with van der Waals surface area (Å²) in [5.74, 6) is -0.233. The van der Waals surface area contributed by atoms with Gasteiger partial charge in [0.05, 0.1) is 5.38 Å². The van der Waals surface area contributed by atoms with E-state index in [1.807, 2.05) is 25.1 Å². The molecule has 0 bridgehead atoms. The molecule has 2 aromatic rings. The van der Waals surface area contributed by atoms with Gasteiger partial charge in [0.1, 0.15) is 5.82 Å². The largest absolute Gasteiger partial charge is 0.207 e. The molecule has 0 fully saturated rings. The fourth-order valence-corrected chi connectivity index (χ4v) is 2.48. The first-order valence-corrected chi connectivity index (χ1v) is 6.52. The Balaban J connectivity index is 2.18. The summed E-state index contributed by atoms with van der Waals surface area (Å²) in [6.07, 6.45) is 0.656. The lowest BCUT2D eigenvalue weighted by Gasteiger charge is -2.13. The van der Waals surface area contributed by atoms with Crippen LogP contribution in [-0.4, -0.2) is 0 Å². The Hall–Kier alpha value is -1.05. The molecule has 0 radical (unpaired) electrons. The highest BCUT2D eigenvalue weighted by Crippen LogP contribution is 2.29. The van der Waals surface area contributed by atoms with Crippen LogP contribution in [0.3, 0.4) is 0 Å². The van der Waals surface area contributed by atoms with E-state index in [0.717, 1.165) is 16.7 Å². The van der Waals surface area contributed by atoms with Gasteiger partial charge in [0.15, 0.2) is 0 Å². The van der Waals surface area contributed by atoms with Crippen LogP contribution in [-0.2, 0) is 6.42 Å². The molecule has 0 spiro atoms. The lowest BCUT2D eigenvalue weighted by molar-refractivity contribution is 0.627. The van der Waals surface area contributed by atoms with Crippen LogP contribution in [0.2, 0.25) is 5.02 Å². The Morgan fingerprint density at radius 3 is 2.44 bits per heavy atom. The summed E-state index contributed by atoms with van der Waals surface area (Å²) in [5, 5.41) is 0.523. The van der Waals surface area contributed by atoms with Crippen molar-refractivity contribution in [2.24, 2.45) is 0 Å². The van der Waals surface area contributed by atoms with Gasteiger partial charge in [-0.05, 0) is 54.3 Å². The van der Waals surface area contributed by atoms with Crippen molar-refractivity contribution < 1.29 is 4.39 Å². The third kappa shape index (κ3) is 3.24. The molecule has 0 N–H and O–H groups in total. The highest BCUT2D eigenvalue weighted by molar-refractivity contribution is 6.30. The second-order valence-electron chi connectivity index (χ2n) is 4.30. The maximum atomic E-state index is 12.8. The van der Waals surface area contributed by atoms with Gasteiger partial charge in [0.25, 0.3) is 0 Å². The zero-order valence-corrected chi connectivity index (χ0v) is 11.5. The quantitative estimate of drug-likeness (QED) is 0.669. The monoisotopic (exact) mass is 282 g/mol. The fraction of sp³-hybridized carbons (Fsp3) is 0.200. The average molecular weight is 283 g/mol. The molecular weight excluding hydrogens is 270 g/mol. The highest BCUT2D eigenvalue weighted by atomic mass is 35.5. The van der Waals surface area contributed by atoms with E-state index in [1.54, 1.807) is 12.1 Å². The van der Waals surface area contributed by atoms with Crippen molar-refractivity contribution in [1.82, 2.24) is 0 Å². The summed E-state index contributed by atoms with van der Waals surface area (Å²) < 4.78 is 12.8. The topological polar surface area (TPSA) is 0 Å². The summed E-state index contributed by atoms with van der Waals surface area (Å²) in [6.45, 7) is 2.01. The molecule has 3 heteroatoms. The number of aryl methyl sites for hydroxylation is 1. The van der Waals surface area contributed by atoms with Gasteiger partial charge in [-0.2, -0.15) is 0 Å². The average Bonchev–Trinajstić information content (AvgIpc) is 2.35. The number of hydrogen-bond donors (Lipinski definition) is 0. The molecule has 0 nitrogen and oxygen atoms in total. The number of rotatable bonds is 3. The fourth-order valence-electron chi connectivity index (χ4n) is 1.89. The number of alkyl halides is 1. The van der Waals surface area contributed by atoms with E-state index in [0.29, 0.717) is 11.4 Å². The molecule has 1 atom stereocenters. The Kier molecular flexibility index (Phi) is 4.26. The maximum absolute atomic E-state index is 12.8. The molecule has 0 amide bonds. The summed E-state index contributed by atoms with van der Waals surface area (Å²) in [6, 6.07) is 12.1. The van der Waals surface area contributed by atoms with Gasteiger partial charge in [-0.15, -0.1) is 11.6 Å². The van der Waals surface area contributed by atoms with Crippen molar-refractivity contribution >= 4 is 23.2 Å². The zero-order chi connectivity index (χ0) is 13.1. The lowest BCUT2D eigenvalue weighted by Crippen LogP contribution is -1.98. The molecule has 0 aliphatic heterocycles. The molecule has 0 saturated carbocycles. The van der Waals surface area contributed by atoms with Crippen LogP contribution in [0.5, 0.6) is 0 Å². The van der Waals surface area contributed by atoms with E-state index in [4.69, 9.17) is 23.2 Å². The summed E-state index contributed by atoms with van der Waals surface area (Å²) >= 11 is 12.4. The highest BCUT2D eigenvalue weighted by Gasteiger charge is 2.12. The molecule has 2 rings (SSSR count). The molecule has 2 aromatic carbocycles. The molecule has 0 aromatic heterocycles. The second-order valence-corrected chi connectivity index (χ2v) is 5.26. The van der Waals surface area contributed by atoms with Crippen LogP contribution in [0.15, 0.2) is 42.5 Å². The van der Waals surface area contributed by atoms with Crippen LogP contribution >= 0.6 is 23.2 Å². The van der Waals surface area contributed by atoms with Gasteiger partial charge in [-0.3, -0.25) is 0 Å². The van der Waals surface area contributed by atoms with Gasteiger partial charge in [-0.1, -0.05) is 29.8 Å². The first kappa shape index (κ1) is 13.4. The summed E-state index contributed by atoms with van der Waals surface area (Å²) in [7, 11) is 0. The standard InChI is InChI=1S/C15H13Cl2F/c1-10-2-5-12(16)9-14(10)15(17)8-11-3-6-13(18)7-4-11/h2-7,9,15H,8H2,1H3. The molecule has 0 saturated heterocycles. The van der Waals surface area contributed by atoms with E-state index < -0.39 is 0 Å².